The van der Waals surface area contributed by atoms with Crippen molar-refractivity contribution >= 4 is 16.9 Å². The van der Waals surface area contributed by atoms with E-state index in [1.165, 1.54) is 5.56 Å². The second kappa shape index (κ2) is 8.66. The number of piperidine rings is 1. The van der Waals surface area contributed by atoms with Crippen molar-refractivity contribution in [3.05, 3.63) is 59.9 Å². The topological polar surface area (TPSA) is 94.3 Å². The highest BCUT2D eigenvalue weighted by atomic mass is 16.5. The number of fused-ring (bicyclic) bond motifs is 1. The van der Waals surface area contributed by atoms with E-state index < -0.39 is 0 Å². The number of aromatic amines is 1. The highest BCUT2D eigenvalue weighted by Crippen LogP contribution is 2.27. The summed E-state index contributed by atoms with van der Waals surface area (Å²) in [4.78, 5) is 22.4. The SMILES string of the molecule is COc1ccc(C2CC(N3CCC(NC(=O)c4ccc5nc[nH]c5c4)CC3)NN2)cc1. The molecule has 0 radical (unpaired) electrons. The first-order chi connectivity index (χ1) is 15.2. The van der Waals surface area contributed by atoms with Gasteiger partial charge in [0, 0.05) is 30.7 Å². The largest absolute Gasteiger partial charge is 0.497 e. The Kier molecular flexibility index (Phi) is 5.59. The zero-order valence-electron chi connectivity index (χ0n) is 17.6. The Bertz CT molecular complexity index is 1040. The number of hydrogen-bond acceptors (Lipinski definition) is 6. The van der Waals surface area contributed by atoms with Gasteiger partial charge in [-0.1, -0.05) is 12.1 Å². The number of nitrogens with zero attached hydrogens (tertiary/aromatic N) is 2. The Morgan fingerprint density at radius 2 is 1.94 bits per heavy atom. The van der Waals surface area contributed by atoms with Crippen molar-refractivity contribution in [1.82, 2.24) is 31.0 Å². The molecular weight excluding hydrogens is 392 g/mol. The van der Waals surface area contributed by atoms with Crippen LogP contribution in [0, 0.1) is 0 Å². The van der Waals surface area contributed by atoms with Gasteiger partial charge in [0.25, 0.3) is 5.91 Å². The van der Waals surface area contributed by atoms with Crippen LogP contribution in [0.25, 0.3) is 11.0 Å². The van der Waals surface area contributed by atoms with Crippen LogP contribution in [0.15, 0.2) is 48.8 Å². The van der Waals surface area contributed by atoms with Gasteiger partial charge in [-0.2, -0.15) is 0 Å². The van der Waals surface area contributed by atoms with Crippen LogP contribution in [0.5, 0.6) is 5.75 Å². The molecule has 1 aromatic heterocycles. The fourth-order valence-corrected chi connectivity index (χ4v) is 4.53. The molecule has 2 atom stereocenters. The van der Waals surface area contributed by atoms with Crippen LogP contribution in [0.1, 0.15) is 41.2 Å². The van der Waals surface area contributed by atoms with Crippen molar-refractivity contribution in [2.24, 2.45) is 0 Å². The number of hydrogen-bond donors (Lipinski definition) is 4. The van der Waals surface area contributed by atoms with Gasteiger partial charge in [-0.25, -0.2) is 15.8 Å². The summed E-state index contributed by atoms with van der Waals surface area (Å²) in [5.74, 6) is 0.857. The maximum atomic E-state index is 12.7. The number of benzene rings is 2. The molecule has 8 nitrogen and oxygen atoms in total. The number of carbonyl (C=O) groups excluding carboxylic acids is 1. The standard InChI is InChI=1S/C23H28N6O2/c1-31-18-5-2-15(3-6-18)20-13-22(28-27-20)29-10-8-17(9-11-29)26-23(30)16-4-7-19-21(12-16)25-14-24-19/h2-7,12,14,17,20,22,27-28H,8-11,13H2,1H3,(H,24,25)(H,26,30). The molecule has 4 N–H and O–H groups in total. The van der Waals surface area contributed by atoms with Crippen molar-refractivity contribution in [2.45, 2.75) is 37.5 Å². The second-order valence-corrected chi connectivity index (χ2v) is 8.28. The van der Waals surface area contributed by atoms with Crippen LogP contribution in [-0.2, 0) is 0 Å². The Hall–Kier alpha value is -2.94. The lowest BCUT2D eigenvalue weighted by atomic mass is 10.0. The van der Waals surface area contributed by atoms with Crippen molar-refractivity contribution in [3.63, 3.8) is 0 Å². The number of methoxy groups -OCH3 is 1. The Labute approximate surface area is 181 Å². The third-order valence-electron chi connectivity index (χ3n) is 6.39. The maximum absolute atomic E-state index is 12.7. The second-order valence-electron chi connectivity index (χ2n) is 8.28. The zero-order chi connectivity index (χ0) is 21.2. The van der Waals surface area contributed by atoms with E-state index in [4.69, 9.17) is 4.74 Å². The highest BCUT2D eigenvalue weighted by Gasteiger charge is 2.32. The lowest BCUT2D eigenvalue weighted by Crippen LogP contribution is -2.51. The number of carbonyl (C=O) groups is 1. The van der Waals surface area contributed by atoms with Gasteiger partial charge in [0.1, 0.15) is 5.75 Å². The van der Waals surface area contributed by atoms with Crippen LogP contribution < -0.4 is 20.9 Å². The van der Waals surface area contributed by atoms with Crippen molar-refractivity contribution < 1.29 is 9.53 Å². The summed E-state index contributed by atoms with van der Waals surface area (Å²) in [5.41, 5.74) is 10.6. The zero-order valence-corrected chi connectivity index (χ0v) is 17.6. The molecule has 0 spiro atoms. The molecule has 3 heterocycles. The first kappa shape index (κ1) is 20.0. The molecule has 3 aromatic rings. The molecule has 0 bridgehead atoms. The smallest absolute Gasteiger partial charge is 0.251 e. The number of nitrogens with one attached hydrogen (secondary N) is 4. The third-order valence-corrected chi connectivity index (χ3v) is 6.39. The summed E-state index contributed by atoms with van der Waals surface area (Å²) < 4.78 is 5.25. The Morgan fingerprint density at radius 1 is 1.13 bits per heavy atom. The van der Waals surface area contributed by atoms with E-state index in [-0.39, 0.29) is 18.0 Å². The van der Waals surface area contributed by atoms with Gasteiger partial charge in [0.15, 0.2) is 0 Å². The maximum Gasteiger partial charge on any atom is 0.251 e. The van der Waals surface area contributed by atoms with E-state index in [0.29, 0.717) is 11.7 Å². The normalized spacial score (nSPS) is 22.6. The van der Waals surface area contributed by atoms with Gasteiger partial charge >= 0.3 is 0 Å². The number of amides is 1. The van der Waals surface area contributed by atoms with E-state index in [9.17, 15) is 4.79 Å². The molecule has 2 saturated heterocycles. The summed E-state index contributed by atoms with van der Waals surface area (Å²) in [6.07, 6.45) is 4.85. The fraction of sp³-hybridized carbons (Fsp3) is 0.391. The number of likely N-dealkylation sites (tertiary alicyclic amines) is 1. The van der Waals surface area contributed by atoms with Gasteiger partial charge in [-0.3, -0.25) is 9.69 Å². The van der Waals surface area contributed by atoms with Gasteiger partial charge in [0.2, 0.25) is 0 Å². The first-order valence-corrected chi connectivity index (χ1v) is 10.8. The summed E-state index contributed by atoms with van der Waals surface area (Å²) in [5, 5.41) is 3.20. The number of imidazole rings is 1. The van der Waals surface area contributed by atoms with Crippen LogP contribution in [-0.4, -0.2) is 53.2 Å². The van der Waals surface area contributed by atoms with Crippen LogP contribution in [0.4, 0.5) is 0 Å². The molecule has 0 aliphatic carbocycles. The minimum atomic E-state index is -0.0184. The number of hydrazine groups is 1. The number of H-pyrrole nitrogens is 1. The lowest BCUT2D eigenvalue weighted by molar-refractivity contribution is 0.0880. The van der Waals surface area contributed by atoms with Crippen molar-refractivity contribution in [2.75, 3.05) is 20.2 Å². The van der Waals surface area contributed by atoms with E-state index in [1.54, 1.807) is 13.4 Å². The molecule has 2 unspecified atom stereocenters. The molecular formula is C23H28N6O2. The quantitative estimate of drug-likeness (QED) is 0.506. The third kappa shape index (κ3) is 4.27. The average Bonchev–Trinajstić information content (AvgIpc) is 3.49. The number of ether oxygens (including phenoxy) is 1. The van der Waals surface area contributed by atoms with E-state index >= 15 is 0 Å². The van der Waals surface area contributed by atoms with Crippen LogP contribution in [0.3, 0.4) is 0 Å². The fourth-order valence-electron chi connectivity index (χ4n) is 4.53. The van der Waals surface area contributed by atoms with Gasteiger partial charge in [-0.05, 0) is 55.2 Å². The molecule has 1 amide bonds. The first-order valence-electron chi connectivity index (χ1n) is 10.8. The predicted octanol–water partition coefficient (Wildman–Crippen LogP) is 2.33. The van der Waals surface area contributed by atoms with Crippen LogP contribution in [0.2, 0.25) is 0 Å². The minimum absolute atomic E-state index is 0.0184. The summed E-state index contributed by atoms with van der Waals surface area (Å²) in [6.45, 7) is 1.92. The molecule has 5 rings (SSSR count). The van der Waals surface area contributed by atoms with E-state index in [2.05, 4.69) is 43.2 Å². The summed E-state index contributed by atoms with van der Waals surface area (Å²) >= 11 is 0. The van der Waals surface area contributed by atoms with Crippen molar-refractivity contribution in [1.29, 1.82) is 0 Å². The summed E-state index contributed by atoms with van der Waals surface area (Å²) in [6, 6.07) is 14.3. The molecule has 2 aromatic carbocycles. The Balaban J connectivity index is 1.12. The number of rotatable bonds is 5. The number of aromatic nitrogens is 2. The average molecular weight is 421 g/mol. The van der Waals surface area contributed by atoms with E-state index in [1.807, 2.05) is 30.3 Å². The van der Waals surface area contributed by atoms with Crippen molar-refractivity contribution in [3.8, 4) is 5.75 Å². The van der Waals surface area contributed by atoms with Gasteiger partial charge in [-0.15, -0.1) is 0 Å². The van der Waals surface area contributed by atoms with Gasteiger partial charge in [0.05, 0.1) is 30.6 Å². The summed E-state index contributed by atoms with van der Waals surface area (Å²) in [7, 11) is 1.68. The van der Waals surface area contributed by atoms with Crippen LogP contribution >= 0.6 is 0 Å². The molecule has 2 fully saturated rings. The Morgan fingerprint density at radius 3 is 2.71 bits per heavy atom. The van der Waals surface area contributed by atoms with E-state index in [0.717, 1.165) is 49.1 Å². The molecule has 162 valence electrons. The highest BCUT2D eigenvalue weighted by molar-refractivity contribution is 5.97. The monoisotopic (exact) mass is 420 g/mol. The predicted molar refractivity (Wildman–Crippen MR) is 119 cm³/mol. The lowest BCUT2D eigenvalue weighted by Gasteiger charge is -2.35. The molecule has 0 saturated carbocycles. The molecule has 2 aliphatic heterocycles. The molecule has 2 aliphatic rings. The molecule has 31 heavy (non-hydrogen) atoms. The molecule has 8 heteroatoms. The minimum Gasteiger partial charge on any atom is -0.497 e. The van der Waals surface area contributed by atoms with Gasteiger partial charge < -0.3 is 15.0 Å².